The van der Waals surface area contributed by atoms with Gasteiger partial charge in [0.25, 0.3) is 5.91 Å². The standard InChI is InChI=1S/C16H21NO3S/c1-21-14-8-3-2-7-13(14)16(20)17-11-5-4-6-12(17)9-10-15(18)19/h2-3,7-8,12H,4-6,9-11H2,1H3,(H,18,19). The Balaban J connectivity index is 2.16. The fourth-order valence-electron chi connectivity index (χ4n) is 2.83. The van der Waals surface area contributed by atoms with Crippen LogP contribution in [0.1, 0.15) is 42.5 Å². The summed E-state index contributed by atoms with van der Waals surface area (Å²) in [6.45, 7) is 0.728. The molecule has 2 rings (SSSR count). The third-order valence-electron chi connectivity index (χ3n) is 3.92. The number of thioether (sulfide) groups is 1. The number of hydrogen-bond donors (Lipinski definition) is 1. The van der Waals surface area contributed by atoms with Crippen LogP contribution in [-0.4, -0.2) is 40.7 Å². The number of hydrogen-bond acceptors (Lipinski definition) is 3. The van der Waals surface area contributed by atoms with Crippen molar-refractivity contribution in [2.24, 2.45) is 0 Å². The van der Waals surface area contributed by atoms with Gasteiger partial charge in [-0.1, -0.05) is 12.1 Å². The van der Waals surface area contributed by atoms with Gasteiger partial charge in [-0.05, 0) is 44.1 Å². The van der Waals surface area contributed by atoms with Gasteiger partial charge in [0.05, 0.1) is 5.56 Å². The molecule has 1 heterocycles. The van der Waals surface area contributed by atoms with Crippen molar-refractivity contribution < 1.29 is 14.7 Å². The van der Waals surface area contributed by atoms with Gasteiger partial charge in [-0.2, -0.15) is 0 Å². The molecule has 114 valence electrons. The van der Waals surface area contributed by atoms with Crippen LogP contribution in [0.2, 0.25) is 0 Å². The SMILES string of the molecule is CSc1ccccc1C(=O)N1CCCCC1CCC(=O)O. The highest BCUT2D eigenvalue weighted by Crippen LogP contribution is 2.26. The Morgan fingerprint density at radius 3 is 2.81 bits per heavy atom. The minimum absolute atomic E-state index is 0.0371. The van der Waals surface area contributed by atoms with Crippen molar-refractivity contribution in [3.8, 4) is 0 Å². The van der Waals surface area contributed by atoms with Gasteiger partial charge in [0.15, 0.2) is 0 Å². The number of piperidine rings is 1. The van der Waals surface area contributed by atoms with E-state index in [1.807, 2.05) is 35.4 Å². The van der Waals surface area contributed by atoms with E-state index in [9.17, 15) is 9.59 Å². The Morgan fingerprint density at radius 1 is 1.33 bits per heavy atom. The lowest BCUT2D eigenvalue weighted by molar-refractivity contribution is -0.137. The molecule has 5 heteroatoms. The van der Waals surface area contributed by atoms with E-state index >= 15 is 0 Å². The number of carbonyl (C=O) groups excluding carboxylic acids is 1. The fourth-order valence-corrected chi connectivity index (χ4v) is 3.42. The maximum Gasteiger partial charge on any atom is 0.303 e. The molecule has 4 nitrogen and oxygen atoms in total. The van der Waals surface area contributed by atoms with Gasteiger partial charge in [-0.15, -0.1) is 11.8 Å². The second-order valence-electron chi connectivity index (χ2n) is 5.28. The average Bonchev–Trinajstić information content (AvgIpc) is 2.52. The van der Waals surface area contributed by atoms with E-state index in [-0.39, 0.29) is 18.4 Å². The molecule has 1 atom stereocenters. The highest BCUT2D eigenvalue weighted by Gasteiger charge is 2.28. The molecule has 1 aliphatic heterocycles. The first kappa shape index (κ1) is 15.9. The molecule has 1 aromatic rings. The number of aliphatic carboxylic acids is 1. The second kappa shape index (κ2) is 7.50. The second-order valence-corrected chi connectivity index (χ2v) is 6.13. The molecule has 0 saturated carbocycles. The summed E-state index contributed by atoms with van der Waals surface area (Å²) in [7, 11) is 0. The predicted molar refractivity (Wildman–Crippen MR) is 83.8 cm³/mol. The quantitative estimate of drug-likeness (QED) is 0.848. The Morgan fingerprint density at radius 2 is 2.10 bits per heavy atom. The first-order chi connectivity index (χ1) is 10.1. The molecule has 0 spiro atoms. The lowest BCUT2D eigenvalue weighted by Crippen LogP contribution is -2.44. The van der Waals surface area contributed by atoms with E-state index in [2.05, 4.69) is 0 Å². The number of rotatable bonds is 5. The van der Waals surface area contributed by atoms with E-state index in [0.717, 1.165) is 36.3 Å². The van der Waals surface area contributed by atoms with Crippen molar-refractivity contribution in [1.82, 2.24) is 4.90 Å². The van der Waals surface area contributed by atoms with Crippen LogP contribution in [-0.2, 0) is 4.79 Å². The lowest BCUT2D eigenvalue weighted by Gasteiger charge is -2.36. The van der Waals surface area contributed by atoms with Gasteiger partial charge in [-0.3, -0.25) is 9.59 Å². The normalized spacial score (nSPS) is 18.5. The maximum atomic E-state index is 12.8. The van der Waals surface area contributed by atoms with E-state index < -0.39 is 5.97 Å². The van der Waals surface area contributed by atoms with Crippen LogP contribution >= 0.6 is 11.8 Å². The molecule has 1 unspecified atom stereocenters. The maximum absolute atomic E-state index is 12.8. The molecule has 1 aromatic carbocycles. The number of amides is 1. The number of likely N-dealkylation sites (tertiary alicyclic amines) is 1. The van der Waals surface area contributed by atoms with Crippen molar-refractivity contribution in [3.63, 3.8) is 0 Å². The molecule has 0 radical (unpaired) electrons. The number of nitrogens with zero attached hydrogens (tertiary/aromatic N) is 1. The summed E-state index contributed by atoms with van der Waals surface area (Å²) < 4.78 is 0. The zero-order chi connectivity index (χ0) is 15.2. The molecule has 1 amide bonds. The molecular weight excluding hydrogens is 286 g/mol. The van der Waals surface area contributed by atoms with Crippen LogP contribution in [0.15, 0.2) is 29.2 Å². The zero-order valence-electron chi connectivity index (χ0n) is 12.2. The van der Waals surface area contributed by atoms with Crippen molar-refractivity contribution >= 4 is 23.6 Å². The third-order valence-corrected chi connectivity index (χ3v) is 4.71. The van der Waals surface area contributed by atoms with Gasteiger partial charge < -0.3 is 10.0 Å². The molecule has 1 saturated heterocycles. The van der Waals surface area contributed by atoms with Gasteiger partial charge in [0, 0.05) is 23.9 Å². The molecule has 1 fully saturated rings. The van der Waals surface area contributed by atoms with Gasteiger partial charge in [-0.25, -0.2) is 0 Å². The minimum Gasteiger partial charge on any atom is -0.481 e. The van der Waals surface area contributed by atoms with Crippen LogP contribution in [0.3, 0.4) is 0 Å². The summed E-state index contributed by atoms with van der Waals surface area (Å²) in [5.74, 6) is -0.757. The van der Waals surface area contributed by atoms with Crippen LogP contribution in [0.4, 0.5) is 0 Å². The molecule has 0 aromatic heterocycles. The Hall–Kier alpha value is -1.49. The third kappa shape index (κ3) is 4.00. The number of benzene rings is 1. The minimum atomic E-state index is -0.794. The molecule has 0 bridgehead atoms. The topological polar surface area (TPSA) is 57.6 Å². The molecule has 0 aliphatic carbocycles. The highest BCUT2D eigenvalue weighted by atomic mass is 32.2. The molecule has 1 N–H and O–H groups in total. The summed E-state index contributed by atoms with van der Waals surface area (Å²) in [6.07, 6.45) is 5.60. The first-order valence-corrected chi connectivity index (χ1v) is 8.51. The van der Waals surface area contributed by atoms with Crippen molar-refractivity contribution in [2.45, 2.75) is 43.0 Å². The molecule has 21 heavy (non-hydrogen) atoms. The largest absolute Gasteiger partial charge is 0.481 e. The highest BCUT2D eigenvalue weighted by molar-refractivity contribution is 7.98. The monoisotopic (exact) mass is 307 g/mol. The van der Waals surface area contributed by atoms with E-state index in [1.54, 1.807) is 11.8 Å². The van der Waals surface area contributed by atoms with Gasteiger partial charge >= 0.3 is 5.97 Å². The summed E-state index contributed by atoms with van der Waals surface area (Å²) in [6, 6.07) is 7.67. The molecular formula is C16H21NO3S. The zero-order valence-corrected chi connectivity index (χ0v) is 13.1. The van der Waals surface area contributed by atoms with Gasteiger partial charge in [0.2, 0.25) is 0 Å². The van der Waals surface area contributed by atoms with E-state index in [0.29, 0.717) is 6.42 Å². The summed E-state index contributed by atoms with van der Waals surface area (Å²) in [5.41, 5.74) is 0.729. The first-order valence-electron chi connectivity index (χ1n) is 7.29. The fraction of sp³-hybridized carbons (Fsp3) is 0.500. The molecule has 1 aliphatic rings. The Kier molecular flexibility index (Phi) is 5.67. The smallest absolute Gasteiger partial charge is 0.303 e. The van der Waals surface area contributed by atoms with Crippen molar-refractivity contribution in [1.29, 1.82) is 0 Å². The van der Waals surface area contributed by atoms with Gasteiger partial charge in [0.1, 0.15) is 0 Å². The number of carboxylic acid groups (broad SMARTS) is 1. The van der Waals surface area contributed by atoms with Crippen LogP contribution in [0, 0.1) is 0 Å². The average molecular weight is 307 g/mol. The van der Waals surface area contributed by atoms with Crippen LogP contribution < -0.4 is 0 Å². The lowest BCUT2D eigenvalue weighted by atomic mass is 9.97. The van der Waals surface area contributed by atoms with Crippen LogP contribution in [0.25, 0.3) is 0 Å². The number of carbonyl (C=O) groups is 2. The van der Waals surface area contributed by atoms with Crippen molar-refractivity contribution in [2.75, 3.05) is 12.8 Å². The van der Waals surface area contributed by atoms with Crippen LogP contribution in [0.5, 0.6) is 0 Å². The number of carboxylic acids is 1. The summed E-state index contributed by atoms with van der Waals surface area (Å²) >= 11 is 1.57. The van der Waals surface area contributed by atoms with E-state index in [4.69, 9.17) is 5.11 Å². The van der Waals surface area contributed by atoms with Crippen molar-refractivity contribution in [3.05, 3.63) is 29.8 Å². The Labute approximate surface area is 129 Å². The predicted octanol–water partition coefficient (Wildman–Crippen LogP) is 3.27. The Bertz CT molecular complexity index is 518. The summed E-state index contributed by atoms with van der Waals surface area (Å²) in [4.78, 5) is 26.4. The summed E-state index contributed by atoms with van der Waals surface area (Å²) in [5, 5.41) is 8.86. The van der Waals surface area contributed by atoms with E-state index in [1.165, 1.54) is 0 Å².